The Morgan fingerprint density at radius 1 is 1.35 bits per heavy atom. The quantitative estimate of drug-likeness (QED) is 0.879. The number of nitrogens with zero attached hydrogens (tertiary/aromatic N) is 3. The van der Waals surface area contributed by atoms with Gasteiger partial charge in [-0.2, -0.15) is 5.10 Å². The Hall–Kier alpha value is -1.37. The van der Waals surface area contributed by atoms with Gasteiger partial charge in [-0.1, -0.05) is 6.07 Å². The molecule has 2 aromatic rings. The van der Waals surface area contributed by atoms with Crippen LogP contribution >= 0.6 is 0 Å². The van der Waals surface area contributed by atoms with E-state index in [4.69, 9.17) is 0 Å². The van der Waals surface area contributed by atoms with Crippen molar-refractivity contribution in [1.82, 2.24) is 19.5 Å². The van der Waals surface area contributed by atoms with Crippen LogP contribution in [0.2, 0.25) is 0 Å². The first-order valence-corrected chi connectivity index (χ1v) is 7.67. The maximum Gasteiger partial charge on any atom is 0.153 e. The van der Waals surface area contributed by atoms with Gasteiger partial charge in [-0.25, -0.2) is 9.67 Å². The van der Waals surface area contributed by atoms with E-state index >= 15 is 0 Å². The largest absolute Gasteiger partial charge is 0.598 e. The first-order chi connectivity index (χ1) is 9.38. The summed E-state index contributed by atoms with van der Waals surface area (Å²) in [5, 5.41) is 4.13. The molecule has 2 aromatic heterocycles. The molecule has 2 heterocycles. The fraction of sp³-hybridized carbons (Fsp3) is 0.429. The molecule has 20 heavy (non-hydrogen) atoms. The summed E-state index contributed by atoms with van der Waals surface area (Å²) in [6, 6.07) is 5.71. The van der Waals surface area contributed by atoms with Crippen molar-refractivity contribution in [3.05, 3.63) is 42.4 Å². The Morgan fingerprint density at radius 3 is 2.60 bits per heavy atom. The highest BCUT2D eigenvalue weighted by Gasteiger charge is 2.28. The highest BCUT2D eigenvalue weighted by atomic mass is 32.2. The van der Waals surface area contributed by atoms with Crippen LogP contribution in [0, 0.1) is 0 Å². The molecule has 0 spiro atoms. The maximum absolute atomic E-state index is 12.1. The maximum atomic E-state index is 12.1. The van der Waals surface area contributed by atoms with E-state index in [9.17, 15) is 4.55 Å². The van der Waals surface area contributed by atoms with Crippen LogP contribution in [-0.4, -0.2) is 24.1 Å². The minimum absolute atomic E-state index is 0.0192. The highest BCUT2D eigenvalue weighted by molar-refractivity contribution is 7.90. The van der Waals surface area contributed by atoms with Crippen LogP contribution in [0.1, 0.15) is 39.3 Å². The third kappa shape index (κ3) is 3.59. The van der Waals surface area contributed by atoms with Crippen molar-refractivity contribution in [2.75, 3.05) is 0 Å². The number of rotatable bonds is 4. The predicted molar refractivity (Wildman–Crippen MR) is 80.8 cm³/mol. The Bertz CT molecular complexity index is 533. The first kappa shape index (κ1) is 15.0. The lowest BCUT2D eigenvalue weighted by Crippen LogP contribution is -2.40. The molecule has 0 saturated heterocycles. The Balaban J connectivity index is 2.06. The van der Waals surface area contributed by atoms with Gasteiger partial charge in [0.1, 0.15) is 4.75 Å². The Morgan fingerprint density at radius 2 is 2.10 bits per heavy atom. The fourth-order valence-corrected chi connectivity index (χ4v) is 2.41. The molecule has 1 N–H and O–H groups in total. The van der Waals surface area contributed by atoms with E-state index in [0.717, 1.165) is 11.4 Å². The van der Waals surface area contributed by atoms with E-state index in [1.54, 1.807) is 17.1 Å². The summed E-state index contributed by atoms with van der Waals surface area (Å²) in [6.07, 6.45) is 5.35. The van der Waals surface area contributed by atoms with Gasteiger partial charge in [0.25, 0.3) is 0 Å². The third-order valence-corrected chi connectivity index (χ3v) is 4.53. The van der Waals surface area contributed by atoms with Crippen molar-refractivity contribution in [2.45, 2.75) is 38.5 Å². The van der Waals surface area contributed by atoms with Crippen LogP contribution in [-0.2, 0) is 11.4 Å². The lowest BCUT2D eigenvalue weighted by atomic mass is 10.1. The topological polar surface area (TPSA) is 65.8 Å². The van der Waals surface area contributed by atoms with Gasteiger partial charge < -0.3 is 4.55 Å². The van der Waals surface area contributed by atoms with Crippen molar-refractivity contribution < 1.29 is 4.55 Å². The summed E-state index contributed by atoms with van der Waals surface area (Å²) in [5.41, 5.74) is 0.999. The van der Waals surface area contributed by atoms with Crippen molar-refractivity contribution in [3.8, 4) is 5.82 Å². The molecule has 0 aliphatic rings. The molecule has 0 radical (unpaired) electrons. The van der Waals surface area contributed by atoms with E-state index in [0.29, 0.717) is 0 Å². The molecule has 0 fully saturated rings. The second kappa shape index (κ2) is 5.95. The monoisotopic (exact) mass is 292 g/mol. The van der Waals surface area contributed by atoms with Crippen LogP contribution in [0.25, 0.3) is 5.82 Å². The van der Waals surface area contributed by atoms with Gasteiger partial charge in [-0.3, -0.25) is 0 Å². The minimum atomic E-state index is -1.10. The van der Waals surface area contributed by atoms with E-state index < -0.39 is 11.4 Å². The van der Waals surface area contributed by atoms with Crippen LogP contribution < -0.4 is 4.72 Å². The van der Waals surface area contributed by atoms with Gasteiger partial charge in [-0.05, 0) is 45.4 Å². The predicted octanol–water partition coefficient (Wildman–Crippen LogP) is 2.38. The molecule has 0 bridgehead atoms. The lowest BCUT2D eigenvalue weighted by molar-refractivity contribution is 0.531. The Kier molecular flexibility index (Phi) is 4.47. The zero-order chi connectivity index (χ0) is 14.8. The molecule has 6 heteroatoms. The highest BCUT2D eigenvalue weighted by Crippen LogP contribution is 2.19. The second-order valence-electron chi connectivity index (χ2n) is 5.62. The van der Waals surface area contributed by atoms with Crippen LogP contribution in [0.4, 0.5) is 0 Å². The zero-order valence-corrected chi connectivity index (χ0v) is 13.0. The summed E-state index contributed by atoms with van der Waals surface area (Å²) >= 11 is -1.10. The molecular formula is C14H20N4OS. The van der Waals surface area contributed by atoms with Crippen molar-refractivity contribution >= 4 is 11.4 Å². The summed E-state index contributed by atoms with van der Waals surface area (Å²) in [7, 11) is 0. The van der Waals surface area contributed by atoms with Gasteiger partial charge in [0, 0.05) is 30.0 Å². The standard InChI is InChI=1S/C14H20N4OS/c1-11(17-20(19)14(2,3)4)12-6-7-13(15-10-12)18-9-5-8-16-18/h5-11,17H,1-4H3/t11?,20-/m1/s1. The second-order valence-corrected chi connectivity index (χ2v) is 7.62. The average molecular weight is 292 g/mol. The molecule has 2 rings (SSSR count). The summed E-state index contributed by atoms with van der Waals surface area (Å²) in [4.78, 5) is 4.37. The van der Waals surface area contributed by atoms with Crippen molar-refractivity contribution in [1.29, 1.82) is 0 Å². The molecule has 5 nitrogen and oxygen atoms in total. The van der Waals surface area contributed by atoms with Gasteiger partial charge >= 0.3 is 0 Å². The molecule has 0 amide bonds. The third-order valence-electron chi connectivity index (χ3n) is 2.85. The van der Waals surface area contributed by atoms with E-state index in [1.165, 1.54) is 0 Å². The summed E-state index contributed by atoms with van der Waals surface area (Å²) in [6.45, 7) is 7.82. The van der Waals surface area contributed by atoms with Crippen molar-refractivity contribution in [2.24, 2.45) is 0 Å². The van der Waals surface area contributed by atoms with Crippen LogP contribution in [0.3, 0.4) is 0 Å². The van der Waals surface area contributed by atoms with Gasteiger partial charge in [0.15, 0.2) is 5.82 Å². The SMILES string of the molecule is CC(N[S@+]([O-])C(C)(C)C)c1ccc(-n2cccn2)nc1. The molecule has 1 unspecified atom stereocenters. The molecule has 0 aliphatic carbocycles. The first-order valence-electron chi connectivity index (χ1n) is 6.52. The lowest BCUT2D eigenvalue weighted by Gasteiger charge is -2.26. The van der Waals surface area contributed by atoms with Gasteiger partial charge in [-0.15, -0.1) is 4.72 Å². The summed E-state index contributed by atoms with van der Waals surface area (Å²) < 4.78 is 16.6. The van der Waals surface area contributed by atoms with Crippen molar-refractivity contribution in [3.63, 3.8) is 0 Å². The zero-order valence-electron chi connectivity index (χ0n) is 12.2. The number of hydrogen-bond donors (Lipinski definition) is 1. The Labute approximate surface area is 122 Å². The molecule has 108 valence electrons. The number of nitrogens with one attached hydrogen (secondary N) is 1. The smallest absolute Gasteiger partial charge is 0.153 e. The van der Waals surface area contributed by atoms with Crippen LogP contribution in [0.15, 0.2) is 36.8 Å². The average Bonchev–Trinajstić information content (AvgIpc) is 2.91. The normalized spacial score (nSPS) is 15.1. The fourth-order valence-electron chi connectivity index (χ4n) is 1.60. The number of pyridine rings is 1. The van der Waals surface area contributed by atoms with Gasteiger partial charge in [0.2, 0.25) is 0 Å². The molecule has 0 aliphatic heterocycles. The number of hydrogen-bond acceptors (Lipinski definition) is 4. The minimum Gasteiger partial charge on any atom is -0.598 e. The molecule has 2 atom stereocenters. The van der Waals surface area contributed by atoms with Gasteiger partial charge in [0.05, 0.1) is 6.04 Å². The number of aromatic nitrogens is 3. The summed E-state index contributed by atoms with van der Waals surface area (Å²) in [5.74, 6) is 0.767. The van der Waals surface area contributed by atoms with Crippen LogP contribution in [0.5, 0.6) is 0 Å². The van der Waals surface area contributed by atoms with E-state index in [1.807, 2.05) is 52.1 Å². The van der Waals surface area contributed by atoms with E-state index in [-0.39, 0.29) is 10.8 Å². The molecule has 0 aromatic carbocycles. The molecule has 0 saturated carbocycles. The molecular weight excluding hydrogens is 272 g/mol. The van der Waals surface area contributed by atoms with E-state index in [2.05, 4.69) is 14.8 Å².